The maximum Gasteiger partial charge on any atom is 0.494 e. The maximum absolute atomic E-state index is 10.2. The molecule has 0 atom stereocenters. The van der Waals surface area contributed by atoms with E-state index in [1.807, 2.05) is 26.0 Å². The van der Waals surface area contributed by atoms with Crippen LogP contribution in [0.4, 0.5) is 0 Å². The summed E-state index contributed by atoms with van der Waals surface area (Å²) in [6.45, 7) is 15.6. The maximum atomic E-state index is 10.2. The second kappa shape index (κ2) is 6.17. The highest BCUT2D eigenvalue weighted by atomic mass is 16.7. The zero-order valence-electron chi connectivity index (χ0n) is 16.6. The SMILES string of the molecule is CC(C)(O)C(C)(C)O[BH2-]c1ccc(B2OC(C)(C)C(C)(C)O2)cc1. The van der Waals surface area contributed by atoms with Crippen LogP contribution in [-0.2, 0) is 14.0 Å². The summed E-state index contributed by atoms with van der Waals surface area (Å²) in [7, 11) is -1.12. The number of hydrogen-bond donors (Lipinski definition) is 1. The van der Waals surface area contributed by atoms with Gasteiger partial charge in [-0.15, -0.1) is 0 Å². The van der Waals surface area contributed by atoms with Crippen molar-refractivity contribution in [2.75, 3.05) is 0 Å². The van der Waals surface area contributed by atoms with Gasteiger partial charge in [-0.3, -0.25) is 0 Å². The molecule has 1 aromatic rings. The first-order valence-corrected chi connectivity index (χ1v) is 8.83. The number of rotatable bonds is 5. The molecule has 4 nitrogen and oxygen atoms in total. The van der Waals surface area contributed by atoms with Crippen molar-refractivity contribution in [3.05, 3.63) is 24.3 Å². The van der Waals surface area contributed by atoms with E-state index in [1.54, 1.807) is 13.8 Å². The van der Waals surface area contributed by atoms with Crippen LogP contribution in [0.15, 0.2) is 24.3 Å². The molecule has 1 fully saturated rings. The molecule has 0 aliphatic carbocycles. The first-order chi connectivity index (χ1) is 10.8. The molecular formula is C18H31B2O4-. The molecule has 1 aliphatic heterocycles. The van der Waals surface area contributed by atoms with E-state index in [0.29, 0.717) is 0 Å². The molecule has 0 amide bonds. The van der Waals surface area contributed by atoms with Crippen LogP contribution in [0.2, 0.25) is 0 Å². The van der Waals surface area contributed by atoms with Crippen LogP contribution in [0.1, 0.15) is 55.4 Å². The van der Waals surface area contributed by atoms with Crippen molar-refractivity contribution in [2.24, 2.45) is 0 Å². The molecule has 134 valence electrons. The Kier molecular flexibility index (Phi) is 5.02. The van der Waals surface area contributed by atoms with Gasteiger partial charge in [-0.1, -0.05) is 24.3 Å². The van der Waals surface area contributed by atoms with Crippen LogP contribution in [0.3, 0.4) is 0 Å². The third-order valence-electron chi connectivity index (χ3n) is 5.92. The summed E-state index contributed by atoms with van der Waals surface area (Å²) in [6, 6.07) is 8.23. The predicted octanol–water partition coefficient (Wildman–Crippen LogP) is 1.26. The smallest absolute Gasteiger partial charge is 0.494 e. The third kappa shape index (κ3) is 3.88. The standard InChI is InChI=1S/C18H31B2O4/c1-15(2,21)16(3,4)22-19-13-9-11-14(12-10-13)20-23-17(5,6)18(7,8)24-20/h9-12,21H,19H2,1-8H3/q-1. The topological polar surface area (TPSA) is 47.9 Å². The minimum Gasteiger partial charge on any atom is -0.585 e. The van der Waals surface area contributed by atoms with Crippen molar-refractivity contribution < 1.29 is 19.1 Å². The lowest BCUT2D eigenvalue weighted by atomic mass is 9.76. The molecule has 1 saturated heterocycles. The van der Waals surface area contributed by atoms with E-state index in [9.17, 15) is 5.11 Å². The van der Waals surface area contributed by atoms with Crippen molar-refractivity contribution in [3.63, 3.8) is 0 Å². The van der Waals surface area contributed by atoms with Crippen molar-refractivity contribution in [2.45, 2.75) is 77.8 Å². The lowest BCUT2D eigenvalue weighted by Crippen LogP contribution is -2.49. The minimum atomic E-state index is -0.876. The van der Waals surface area contributed by atoms with E-state index in [0.717, 1.165) is 5.46 Å². The molecule has 6 heteroatoms. The largest absolute Gasteiger partial charge is 0.585 e. The van der Waals surface area contributed by atoms with E-state index in [1.165, 1.54) is 5.46 Å². The fourth-order valence-electron chi connectivity index (χ4n) is 2.46. The van der Waals surface area contributed by atoms with Gasteiger partial charge in [0.15, 0.2) is 0 Å². The van der Waals surface area contributed by atoms with Gasteiger partial charge in [-0.25, -0.2) is 0 Å². The van der Waals surface area contributed by atoms with Gasteiger partial charge in [0.25, 0.3) is 0 Å². The molecule has 0 radical (unpaired) electrons. The van der Waals surface area contributed by atoms with Crippen LogP contribution in [-0.4, -0.2) is 42.1 Å². The Morgan fingerprint density at radius 2 is 1.42 bits per heavy atom. The molecule has 1 aliphatic rings. The molecule has 0 aromatic heterocycles. The summed E-state index contributed by atoms with van der Waals surface area (Å²) >= 11 is 0. The van der Waals surface area contributed by atoms with E-state index in [4.69, 9.17) is 14.0 Å². The van der Waals surface area contributed by atoms with Gasteiger partial charge in [-0.05, 0) is 60.9 Å². The van der Waals surface area contributed by atoms with Crippen molar-refractivity contribution in [1.82, 2.24) is 0 Å². The van der Waals surface area contributed by atoms with E-state index in [2.05, 4.69) is 39.8 Å². The van der Waals surface area contributed by atoms with Crippen LogP contribution in [0, 0.1) is 0 Å². The van der Waals surface area contributed by atoms with Gasteiger partial charge in [-0.2, -0.15) is 5.46 Å². The summed E-state index contributed by atoms with van der Waals surface area (Å²) < 4.78 is 18.2. The Bertz CT molecular complexity index is 558. The van der Waals surface area contributed by atoms with Crippen molar-refractivity contribution in [1.29, 1.82) is 0 Å². The van der Waals surface area contributed by atoms with Gasteiger partial charge in [0.2, 0.25) is 0 Å². The average molecular weight is 333 g/mol. The zero-order chi connectivity index (χ0) is 18.4. The Morgan fingerprint density at radius 1 is 0.958 bits per heavy atom. The minimum absolute atomic E-state index is 0.329. The molecular weight excluding hydrogens is 302 g/mol. The van der Waals surface area contributed by atoms with Gasteiger partial charge < -0.3 is 19.1 Å². The van der Waals surface area contributed by atoms with E-state index >= 15 is 0 Å². The van der Waals surface area contributed by atoms with Gasteiger partial charge in [0.05, 0.1) is 16.8 Å². The van der Waals surface area contributed by atoms with Gasteiger partial charge in [0.1, 0.15) is 7.48 Å². The van der Waals surface area contributed by atoms with E-state index < -0.39 is 18.7 Å². The summed E-state index contributed by atoms with van der Waals surface area (Å²) in [5.74, 6) is 0. The van der Waals surface area contributed by atoms with Gasteiger partial charge >= 0.3 is 7.12 Å². The lowest BCUT2D eigenvalue weighted by molar-refractivity contribution is -0.0893. The Labute approximate surface area is 147 Å². The Hall–Kier alpha value is -0.810. The Morgan fingerprint density at radius 3 is 1.83 bits per heavy atom. The first-order valence-electron chi connectivity index (χ1n) is 8.83. The molecule has 0 saturated carbocycles. The van der Waals surface area contributed by atoms with Crippen molar-refractivity contribution in [3.8, 4) is 0 Å². The summed E-state index contributed by atoms with van der Waals surface area (Å²) in [4.78, 5) is 0. The fraction of sp³-hybridized carbons (Fsp3) is 0.667. The van der Waals surface area contributed by atoms with Crippen LogP contribution >= 0.6 is 0 Å². The van der Waals surface area contributed by atoms with E-state index in [-0.39, 0.29) is 18.3 Å². The van der Waals surface area contributed by atoms with Crippen LogP contribution < -0.4 is 10.9 Å². The molecule has 1 heterocycles. The first kappa shape index (κ1) is 19.5. The highest BCUT2D eigenvalue weighted by Crippen LogP contribution is 2.36. The molecule has 0 unspecified atom stereocenters. The summed E-state index contributed by atoms with van der Waals surface area (Å²) in [6.07, 6.45) is 0. The molecule has 24 heavy (non-hydrogen) atoms. The third-order valence-corrected chi connectivity index (χ3v) is 5.92. The second-order valence-corrected chi connectivity index (χ2v) is 8.98. The predicted molar refractivity (Wildman–Crippen MR) is 102 cm³/mol. The number of aliphatic hydroxyl groups is 1. The molecule has 2 rings (SSSR count). The molecule has 0 bridgehead atoms. The quantitative estimate of drug-likeness (QED) is 0.825. The Balaban J connectivity index is 2.02. The normalized spacial score (nSPS) is 20.5. The number of hydrogen-bond acceptors (Lipinski definition) is 4. The highest BCUT2D eigenvalue weighted by Gasteiger charge is 2.51. The summed E-state index contributed by atoms with van der Waals surface area (Å²) in [5.41, 5.74) is 0.0864. The van der Waals surface area contributed by atoms with Crippen molar-refractivity contribution >= 4 is 25.5 Å². The monoisotopic (exact) mass is 333 g/mol. The van der Waals surface area contributed by atoms with Gasteiger partial charge in [0, 0.05) is 5.60 Å². The van der Waals surface area contributed by atoms with Crippen LogP contribution in [0.5, 0.6) is 0 Å². The molecule has 1 aromatic carbocycles. The lowest BCUT2D eigenvalue weighted by Gasteiger charge is -2.42. The van der Waals surface area contributed by atoms with Crippen LogP contribution in [0.25, 0.3) is 0 Å². The summed E-state index contributed by atoms with van der Waals surface area (Å²) in [5, 5.41) is 10.2. The molecule has 1 N–H and O–H groups in total. The highest BCUT2D eigenvalue weighted by molar-refractivity contribution is 6.62. The zero-order valence-corrected chi connectivity index (χ0v) is 16.6. The average Bonchev–Trinajstić information content (AvgIpc) is 2.65. The molecule has 0 spiro atoms. The second-order valence-electron chi connectivity index (χ2n) is 8.98. The number of benzene rings is 1. The fourth-order valence-corrected chi connectivity index (χ4v) is 2.46.